The normalized spacial score (nSPS) is 15.1. The molecule has 1 aromatic carbocycles. The van der Waals surface area contributed by atoms with Crippen LogP contribution in [0.4, 0.5) is 11.4 Å². The molecule has 0 saturated carbocycles. The van der Waals surface area contributed by atoms with E-state index in [-0.39, 0.29) is 6.42 Å². The number of anilines is 2. The molecule has 4 nitrogen and oxygen atoms in total. The maximum absolute atomic E-state index is 10.8. The van der Waals surface area contributed by atoms with Crippen LogP contribution in [-0.2, 0) is 4.79 Å². The van der Waals surface area contributed by atoms with Gasteiger partial charge in [0.1, 0.15) is 0 Å². The van der Waals surface area contributed by atoms with Gasteiger partial charge in [0.15, 0.2) is 0 Å². The predicted octanol–water partition coefficient (Wildman–Crippen LogP) is 2.88. The van der Waals surface area contributed by atoms with E-state index in [1.165, 1.54) is 16.9 Å². The van der Waals surface area contributed by atoms with E-state index in [4.69, 9.17) is 5.11 Å². The van der Waals surface area contributed by atoms with E-state index in [2.05, 4.69) is 51.8 Å². The summed E-state index contributed by atoms with van der Waals surface area (Å²) in [6.45, 7) is 4.55. The van der Waals surface area contributed by atoms with Crippen LogP contribution in [-0.4, -0.2) is 37.8 Å². The van der Waals surface area contributed by atoms with Crippen molar-refractivity contribution >= 4 is 33.3 Å². The summed E-state index contributed by atoms with van der Waals surface area (Å²) in [5.74, 6) is -0.742. The van der Waals surface area contributed by atoms with Gasteiger partial charge in [-0.1, -0.05) is 15.9 Å². The molecule has 0 aromatic heterocycles. The van der Waals surface area contributed by atoms with Crippen molar-refractivity contribution in [1.82, 2.24) is 0 Å². The lowest BCUT2D eigenvalue weighted by Crippen LogP contribution is -2.27. The Morgan fingerprint density at radius 2 is 2.16 bits per heavy atom. The fourth-order valence-corrected chi connectivity index (χ4v) is 3.17. The molecule has 0 aliphatic carbocycles. The molecule has 1 aromatic rings. The van der Waals surface area contributed by atoms with Gasteiger partial charge in [0, 0.05) is 31.2 Å². The van der Waals surface area contributed by atoms with E-state index < -0.39 is 5.97 Å². The highest BCUT2D eigenvalue weighted by Crippen LogP contribution is 2.37. The van der Waals surface area contributed by atoms with Crippen molar-refractivity contribution in [2.24, 2.45) is 0 Å². The molecule has 1 aliphatic rings. The van der Waals surface area contributed by atoms with Crippen molar-refractivity contribution in [3.8, 4) is 0 Å². The van der Waals surface area contributed by atoms with Crippen LogP contribution < -0.4 is 9.80 Å². The third kappa shape index (κ3) is 3.21. The average molecular weight is 327 g/mol. The van der Waals surface area contributed by atoms with Crippen LogP contribution in [0.3, 0.4) is 0 Å². The number of rotatable bonds is 3. The van der Waals surface area contributed by atoms with Crippen LogP contribution in [0.25, 0.3) is 0 Å². The van der Waals surface area contributed by atoms with Crippen LogP contribution in [0.5, 0.6) is 0 Å². The van der Waals surface area contributed by atoms with E-state index in [1.54, 1.807) is 0 Å². The number of aryl methyl sites for hydroxylation is 1. The lowest BCUT2D eigenvalue weighted by atomic mass is 10.1. The second-order valence-corrected chi connectivity index (χ2v) is 5.91. The van der Waals surface area contributed by atoms with Crippen molar-refractivity contribution in [2.75, 3.05) is 36.5 Å². The Morgan fingerprint density at radius 3 is 2.84 bits per heavy atom. The number of hydrogen-bond donors (Lipinski definition) is 1. The zero-order valence-corrected chi connectivity index (χ0v) is 12.9. The number of carboxylic acids is 1. The maximum Gasteiger partial charge on any atom is 0.305 e. The molecule has 0 unspecified atom stereocenters. The molecule has 0 saturated heterocycles. The Kier molecular flexibility index (Phi) is 4.34. The zero-order valence-electron chi connectivity index (χ0n) is 11.3. The Balaban J connectivity index is 2.38. The zero-order chi connectivity index (χ0) is 14.0. The van der Waals surface area contributed by atoms with E-state index in [0.717, 1.165) is 24.0 Å². The molecule has 0 bridgehead atoms. The average Bonchev–Trinajstić information content (AvgIpc) is 2.47. The van der Waals surface area contributed by atoms with Gasteiger partial charge in [-0.05, 0) is 31.0 Å². The first-order chi connectivity index (χ1) is 8.99. The van der Waals surface area contributed by atoms with Crippen molar-refractivity contribution in [3.05, 3.63) is 22.2 Å². The van der Waals surface area contributed by atoms with Crippen molar-refractivity contribution in [3.63, 3.8) is 0 Å². The minimum absolute atomic E-state index is 0.179. The fraction of sp³-hybridized carbons (Fsp3) is 0.500. The highest BCUT2D eigenvalue weighted by atomic mass is 79.9. The molecule has 0 atom stereocenters. The third-order valence-corrected chi connectivity index (χ3v) is 3.95. The number of hydrogen-bond acceptors (Lipinski definition) is 3. The number of carboxylic acid groups (broad SMARTS) is 1. The highest BCUT2D eigenvalue weighted by molar-refractivity contribution is 9.10. The first kappa shape index (κ1) is 14.2. The number of fused-ring (bicyclic) bond motifs is 1. The monoisotopic (exact) mass is 326 g/mol. The summed E-state index contributed by atoms with van der Waals surface area (Å²) >= 11 is 3.54. The van der Waals surface area contributed by atoms with Gasteiger partial charge < -0.3 is 14.9 Å². The molecule has 1 aliphatic heterocycles. The molecule has 5 heteroatoms. The number of halogens is 1. The minimum atomic E-state index is -0.742. The standard InChI is InChI=1S/C14H19BrN2O2/c1-10-8-11(15)9-12-14(10)17(7-4-13(18)19)6-3-5-16(12)2/h8-9H,3-7H2,1-2H3,(H,18,19). The Hall–Kier alpha value is -1.23. The van der Waals surface area contributed by atoms with E-state index in [0.29, 0.717) is 6.54 Å². The molecule has 1 N–H and O–H groups in total. The lowest BCUT2D eigenvalue weighted by Gasteiger charge is -2.27. The van der Waals surface area contributed by atoms with E-state index >= 15 is 0 Å². The first-order valence-electron chi connectivity index (χ1n) is 6.47. The van der Waals surface area contributed by atoms with E-state index in [9.17, 15) is 4.79 Å². The second-order valence-electron chi connectivity index (χ2n) is 5.00. The van der Waals surface area contributed by atoms with Crippen LogP contribution in [0, 0.1) is 6.92 Å². The summed E-state index contributed by atoms with van der Waals surface area (Å²) in [5, 5.41) is 8.88. The van der Waals surface area contributed by atoms with Gasteiger partial charge in [0.05, 0.1) is 17.8 Å². The summed E-state index contributed by atoms with van der Waals surface area (Å²) in [5.41, 5.74) is 3.53. The second kappa shape index (κ2) is 5.82. The summed E-state index contributed by atoms with van der Waals surface area (Å²) in [6.07, 6.45) is 1.22. The minimum Gasteiger partial charge on any atom is -0.481 e. The Morgan fingerprint density at radius 1 is 1.42 bits per heavy atom. The molecule has 0 fully saturated rings. The van der Waals surface area contributed by atoms with Gasteiger partial charge in [-0.3, -0.25) is 4.79 Å². The number of benzene rings is 1. The summed E-state index contributed by atoms with van der Waals surface area (Å²) in [6, 6.07) is 4.20. The van der Waals surface area contributed by atoms with Crippen LogP contribution in [0.1, 0.15) is 18.4 Å². The Labute approximate surface area is 122 Å². The molecule has 0 amide bonds. The highest BCUT2D eigenvalue weighted by Gasteiger charge is 2.21. The smallest absolute Gasteiger partial charge is 0.305 e. The van der Waals surface area contributed by atoms with Gasteiger partial charge in [-0.25, -0.2) is 0 Å². The molecule has 104 valence electrons. The van der Waals surface area contributed by atoms with Crippen LogP contribution in [0.2, 0.25) is 0 Å². The van der Waals surface area contributed by atoms with Gasteiger partial charge >= 0.3 is 5.97 Å². The molecule has 0 spiro atoms. The number of aliphatic carboxylic acids is 1. The summed E-state index contributed by atoms with van der Waals surface area (Å²) in [7, 11) is 2.09. The number of carbonyl (C=O) groups is 1. The van der Waals surface area contributed by atoms with Crippen LogP contribution >= 0.6 is 15.9 Å². The summed E-state index contributed by atoms with van der Waals surface area (Å²) < 4.78 is 1.07. The Bertz CT molecular complexity index is 491. The van der Waals surface area contributed by atoms with Crippen molar-refractivity contribution < 1.29 is 9.90 Å². The quantitative estimate of drug-likeness (QED) is 0.927. The largest absolute Gasteiger partial charge is 0.481 e. The molecule has 0 radical (unpaired) electrons. The van der Waals surface area contributed by atoms with Gasteiger partial charge in [0.25, 0.3) is 0 Å². The maximum atomic E-state index is 10.8. The first-order valence-corrected chi connectivity index (χ1v) is 7.26. The lowest BCUT2D eigenvalue weighted by molar-refractivity contribution is -0.136. The molecular formula is C14H19BrN2O2. The van der Waals surface area contributed by atoms with Crippen molar-refractivity contribution in [1.29, 1.82) is 0 Å². The molecular weight excluding hydrogens is 308 g/mol. The summed E-state index contributed by atoms with van der Waals surface area (Å²) in [4.78, 5) is 15.2. The van der Waals surface area contributed by atoms with E-state index in [1.807, 2.05) is 0 Å². The molecule has 19 heavy (non-hydrogen) atoms. The van der Waals surface area contributed by atoms with Crippen molar-refractivity contribution in [2.45, 2.75) is 19.8 Å². The number of nitrogens with zero attached hydrogens (tertiary/aromatic N) is 2. The fourth-order valence-electron chi connectivity index (χ4n) is 2.61. The predicted molar refractivity (Wildman–Crippen MR) is 81.2 cm³/mol. The third-order valence-electron chi connectivity index (χ3n) is 3.49. The molecule has 2 rings (SSSR count). The molecule has 1 heterocycles. The SMILES string of the molecule is Cc1cc(Br)cc2c1N(CCC(=O)O)CCCN2C. The topological polar surface area (TPSA) is 43.8 Å². The van der Waals surface area contributed by atoms with Gasteiger partial charge in [-0.2, -0.15) is 0 Å². The van der Waals surface area contributed by atoms with Gasteiger partial charge in [0.2, 0.25) is 0 Å². The van der Waals surface area contributed by atoms with Gasteiger partial charge in [-0.15, -0.1) is 0 Å². The van der Waals surface area contributed by atoms with Crippen LogP contribution in [0.15, 0.2) is 16.6 Å².